The molecule has 3 rings (SSSR count). The highest BCUT2D eigenvalue weighted by molar-refractivity contribution is 7.99. The van der Waals surface area contributed by atoms with Crippen molar-refractivity contribution >= 4 is 40.6 Å². The first kappa shape index (κ1) is 13.6. The number of thioether (sulfide) groups is 1. The Bertz CT molecular complexity index is 678. The number of carbonyl (C=O) groups is 3. The minimum absolute atomic E-state index is 0.0629. The second-order valence-electron chi connectivity index (χ2n) is 4.46. The summed E-state index contributed by atoms with van der Waals surface area (Å²) in [5.74, 6) is -1.17. The van der Waals surface area contributed by atoms with Gasteiger partial charge in [-0.3, -0.25) is 19.7 Å². The van der Waals surface area contributed by atoms with Crippen LogP contribution in [0, 0.1) is 0 Å². The highest BCUT2D eigenvalue weighted by atomic mass is 32.2. The first-order chi connectivity index (χ1) is 10.1. The second kappa shape index (κ2) is 5.57. The molecule has 0 spiro atoms. The molecule has 0 aliphatic carbocycles. The molecule has 1 aromatic heterocycles. The lowest BCUT2D eigenvalue weighted by atomic mass is 10.3. The standard InChI is InChI=1S/C13H11N3O4S/c17-10-5-16(6-11(18)15-10)12(19)7-21-13-14-8-3-1-2-4-9(8)20-13/h1-4H,5-7H2,(H,15,17,18). The SMILES string of the molecule is O=C1CN(C(=O)CSc2nc3ccccc3o2)CC(=O)N1. The van der Waals surface area contributed by atoms with Crippen LogP contribution in [0.3, 0.4) is 0 Å². The Balaban J connectivity index is 1.62. The van der Waals surface area contributed by atoms with Gasteiger partial charge in [0.15, 0.2) is 5.58 Å². The van der Waals surface area contributed by atoms with Gasteiger partial charge in [0, 0.05) is 0 Å². The van der Waals surface area contributed by atoms with Gasteiger partial charge in [0.1, 0.15) is 18.6 Å². The van der Waals surface area contributed by atoms with Gasteiger partial charge in [0.05, 0.1) is 5.75 Å². The molecule has 0 radical (unpaired) electrons. The van der Waals surface area contributed by atoms with Crippen LogP contribution in [0.5, 0.6) is 0 Å². The van der Waals surface area contributed by atoms with Crippen molar-refractivity contribution in [2.75, 3.05) is 18.8 Å². The third kappa shape index (κ3) is 3.05. The van der Waals surface area contributed by atoms with Crippen molar-refractivity contribution < 1.29 is 18.8 Å². The Morgan fingerprint density at radius 2 is 2.00 bits per heavy atom. The van der Waals surface area contributed by atoms with Crippen LogP contribution in [-0.4, -0.2) is 46.4 Å². The Morgan fingerprint density at radius 1 is 1.29 bits per heavy atom. The van der Waals surface area contributed by atoms with Gasteiger partial charge in [-0.05, 0) is 12.1 Å². The fourth-order valence-electron chi connectivity index (χ4n) is 1.94. The second-order valence-corrected chi connectivity index (χ2v) is 5.38. The lowest BCUT2D eigenvalue weighted by molar-refractivity contribution is -0.144. The summed E-state index contributed by atoms with van der Waals surface area (Å²) in [6, 6.07) is 7.30. The molecule has 1 N–H and O–H groups in total. The zero-order chi connectivity index (χ0) is 14.8. The first-order valence-electron chi connectivity index (χ1n) is 6.20. The molecule has 21 heavy (non-hydrogen) atoms. The topological polar surface area (TPSA) is 92.5 Å². The summed E-state index contributed by atoms with van der Waals surface area (Å²) in [5.41, 5.74) is 1.37. The van der Waals surface area contributed by atoms with E-state index in [0.717, 1.165) is 17.3 Å². The van der Waals surface area contributed by atoms with Crippen molar-refractivity contribution in [1.29, 1.82) is 0 Å². The molecule has 1 aliphatic rings. The highest BCUT2D eigenvalue weighted by Gasteiger charge is 2.26. The Kier molecular flexibility index (Phi) is 3.61. The molecular weight excluding hydrogens is 294 g/mol. The number of fused-ring (bicyclic) bond motifs is 1. The van der Waals surface area contributed by atoms with Crippen molar-refractivity contribution in [3.8, 4) is 0 Å². The van der Waals surface area contributed by atoms with Crippen molar-refractivity contribution in [1.82, 2.24) is 15.2 Å². The molecule has 8 heteroatoms. The number of nitrogens with one attached hydrogen (secondary N) is 1. The highest BCUT2D eigenvalue weighted by Crippen LogP contribution is 2.23. The normalized spacial score (nSPS) is 15.3. The van der Waals surface area contributed by atoms with Gasteiger partial charge in [-0.15, -0.1) is 0 Å². The van der Waals surface area contributed by atoms with Gasteiger partial charge in [-0.2, -0.15) is 0 Å². The van der Waals surface area contributed by atoms with Crippen molar-refractivity contribution in [2.45, 2.75) is 5.22 Å². The van der Waals surface area contributed by atoms with E-state index in [1.54, 1.807) is 6.07 Å². The number of nitrogens with zero attached hydrogens (tertiary/aromatic N) is 2. The van der Waals surface area contributed by atoms with Gasteiger partial charge >= 0.3 is 0 Å². The van der Waals surface area contributed by atoms with Crippen LogP contribution in [0.2, 0.25) is 0 Å². The predicted molar refractivity (Wildman–Crippen MR) is 74.5 cm³/mol. The maximum Gasteiger partial charge on any atom is 0.257 e. The number of imide groups is 1. The van der Waals surface area contributed by atoms with Crippen LogP contribution in [-0.2, 0) is 14.4 Å². The van der Waals surface area contributed by atoms with E-state index in [2.05, 4.69) is 10.3 Å². The van der Waals surface area contributed by atoms with Crippen LogP contribution in [0.4, 0.5) is 0 Å². The molecule has 0 bridgehead atoms. The average molecular weight is 305 g/mol. The maximum atomic E-state index is 12.0. The van der Waals surface area contributed by atoms with Crippen LogP contribution in [0.1, 0.15) is 0 Å². The number of amides is 3. The monoisotopic (exact) mass is 305 g/mol. The molecule has 1 fully saturated rings. The Morgan fingerprint density at radius 3 is 2.71 bits per heavy atom. The number of rotatable bonds is 3. The number of para-hydroxylation sites is 2. The maximum absolute atomic E-state index is 12.0. The fraction of sp³-hybridized carbons (Fsp3) is 0.231. The van der Waals surface area contributed by atoms with E-state index in [0.29, 0.717) is 10.8 Å². The summed E-state index contributed by atoms with van der Waals surface area (Å²) in [4.78, 5) is 39.9. The smallest absolute Gasteiger partial charge is 0.257 e. The molecule has 2 aromatic rings. The molecule has 0 atom stereocenters. The summed E-state index contributed by atoms with van der Waals surface area (Å²) in [5, 5.41) is 2.53. The van der Waals surface area contributed by atoms with Gasteiger partial charge in [-0.1, -0.05) is 23.9 Å². The molecule has 7 nitrogen and oxygen atoms in total. The van der Waals surface area contributed by atoms with E-state index in [1.807, 2.05) is 18.2 Å². The number of benzene rings is 1. The number of piperazine rings is 1. The zero-order valence-corrected chi connectivity index (χ0v) is 11.7. The molecule has 3 amide bonds. The quantitative estimate of drug-likeness (QED) is 0.652. The molecule has 2 heterocycles. The van der Waals surface area contributed by atoms with Crippen molar-refractivity contribution in [3.05, 3.63) is 24.3 Å². The molecule has 1 saturated heterocycles. The largest absolute Gasteiger partial charge is 0.431 e. The Labute approximate surface area is 123 Å². The minimum atomic E-state index is -0.466. The van der Waals surface area contributed by atoms with E-state index >= 15 is 0 Å². The van der Waals surface area contributed by atoms with Gasteiger partial charge in [0.2, 0.25) is 17.7 Å². The van der Waals surface area contributed by atoms with Gasteiger partial charge in [0.25, 0.3) is 5.22 Å². The molecule has 1 aliphatic heterocycles. The average Bonchev–Trinajstić information content (AvgIpc) is 2.86. The van der Waals surface area contributed by atoms with E-state index in [1.165, 1.54) is 4.90 Å². The molecule has 0 saturated carbocycles. The van der Waals surface area contributed by atoms with Crippen molar-refractivity contribution in [3.63, 3.8) is 0 Å². The van der Waals surface area contributed by atoms with Crippen LogP contribution >= 0.6 is 11.8 Å². The summed E-state index contributed by atoms with van der Waals surface area (Å²) < 4.78 is 5.48. The van der Waals surface area contributed by atoms with Gasteiger partial charge < -0.3 is 9.32 Å². The number of carbonyl (C=O) groups excluding carboxylic acids is 3. The number of hydrogen-bond acceptors (Lipinski definition) is 6. The van der Waals surface area contributed by atoms with E-state index in [9.17, 15) is 14.4 Å². The zero-order valence-electron chi connectivity index (χ0n) is 10.9. The third-order valence-corrected chi connectivity index (χ3v) is 3.71. The number of hydrogen-bond donors (Lipinski definition) is 1. The van der Waals surface area contributed by atoms with Crippen LogP contribution in [0.25, 0.3) is 11.1 Å². The Hall–Kier alpha value is -2.35. The fourth-order valence-corrected chi connectivity index (χ4v) is 2.68. The van der Waals surface area contributed by atoms with E-state index < -0.39 is 11.8 Å². The van der Waals surface area contributed by atoms with Crippen LogP contribution < -0.4 is 5.32 Å². The predicted octanol–water partition coefficient (Wildman–Crippen LogP) is 0.405. The summed E-state index contributed by atoms with van der Waals surface area (Å²) in [7, 11) is 0. The summed E-state index contributed by atoms with van der Waals surface area (Å²) >= 11 is 1.14. The summed E-state index contributed by atoms with van der Waals surface area (Å²) in [6.45, 7) is -0.197. The van der Waals surface area contributed by atoms with Gasteiger partial charge in [-0.25, -0.2) is 4.98 Å². The molecular formula is C13H11N3O4S. The summed E-state index contributed by atoms with van der Waals surface area (Å²) in [6.07, 6.45) is 0. The van der Waals surface area contributed by atoms with Crippen LogP contribution in [0.15, 0.2) is 33.9 Å². The first-order valence-corrected chi connectivity index (χ1v) is 7.19. The molecule has 0 unspecified atom stereocenters. The number of oxazole rings is 1. The minimum Gasteiger partial charge on any atom is -0.431 e. The van der Waals surface area contributed by atoms with E-state index in [4.69, 9.17) is 4.42 Å². The molecule has 108 valence electrons. The lowest BCUT2D eigenvalue weighted by Gasteiger charge is -2.24. The third-order valence-electron chi connectivity index (χ3n) is 2.89. The molecule has 1 aromatic carbocycles. The lowest BCUT2D eigenvalue weighted by Crippen LogP contribution is -2.53. The number of aromatic nitrogens is 1. The van der Waals surface area contributed by atoms with Crippen molar-refractivity contribution in [2.24, 2.45) is 0 Å². The van der Waals surface area contributed by atoms with E-state index in [-0.39, 0.29) is 24.7 Å².